The number of urea groups is 1. The van der Waals surface area contributed by atoms with Crippen LogP contribution in [0.15, 0.2) is 42.5 Å². The van der Waals surface area contributed by atoms with Crippen LogP contribution in [0, 0.1) is 5.82 Å². The van der Waals surface area contributed by atoms with E-state index in [1.165, 1.54) is 6.92 Å². The normalized spacial score (nSPS) is 18.2. The van der Waals surface area contributed by atoms with Crippen LogP contribution < -0.4 is 24.8 Å². The molecule has 0 saturated heterocycles. The van der Waals surface area contributed by atoms with E-state index in [-0.39, 0.29) is 17.8 Å². The number of nitrogens with one attached hydrogen (secondary N) is 2. The molecule has 3 rings (SSSR count). The first-order valence-electron chi connectivity index (χ1n) is 10.2. The second-order valence-electron chi connectivity index (χ2n) is 7.45. The minimum Gasteiger partial charge on any atom is -0.490 e. The summed E-state index contributed by atoms with van der Waals surface area (Å²) in [5.74, 6) is -1.57. The molecule has 2 amide bonds. The van der Waals surface area contributed by atoms with Crippen molar-refractivity contribution in [2.24, 2.45) is 0 Å². The number of esters is 1. The van der Waals surface area contributed by atoms with Crippen molar-refractivity contribution in [3.05, 3.63) is 48.3 Å². The number of hydrogen-bond donors (Lipinski definition) is 2. The molecule has 1 fully saturated rings. The molecule has 0 aromatic heterocycles. The lowest BCUT2D eigenvalue weighted by molar-refractivity contribution is -0.275. The van der Waals surface area contributed by atoms with Crippen LogP contribution in [-0.4, -0.2) is 30.5 Å². The van der Waals surface area contributed by atoms with Crippen LogP contribution in [0.2, 0.25) is 0 Å². The van der Waals surface area contributed by atoms with E-state index in [4.69, 9.17) is 9.47 Å². The number of carbonyl (C=O) groups excluding carboxylic acids is 2. The highest BCUT2D eigenvalue weighted by molar-refractivity contribution is 5.89. The van der Waals surface area contributed by atoms with Gasteiger partial charge in [0.2, 0.25) is 0 Å². The lowest BCUT2D eigenvalue weighted by Crippen LogP contribution is -2.41. The van der Waals surface area contributed by atoms with Crippen LogP contribution in [0.4, 0.5) is 28.0 Å². The van der Waals surface area contributed by atoms with Crippen molar-refractivity contribution in [2.45, 2.75) is 51.1 Å². The molecule has 2 N–H and O–H groups in total. The number of benzene rings is 2. The van der Waals surface area contributed by atoms with Gasteiger partial charge in [0.25, 0.3) is 0 Å². The third-order valence-electron chi connectivity index (χ3n) is 4.81. The summed E-state index contributed by atoms with van der Waals surface area (Å²) in [6.07, 6.45) is -2.37. The van der Waals surface area contributed by atoms with Gasteiger partial charge in [0.05, 0.1) is 6.10 Å². The molecule has 178 valence electrons. The van der Waals surface area contributed by atoms with Crippen LogP contribution in [0.25, 0.3) is 0 Å². The number of hydrogen-bond acceptors (Lipinski definition) is 5. The molecule has 2 aromatic carbocycles. The summed E-state index contributed by atoms with van der Waals surface area (Å²) < 4.78 is 64.8. The van der Waals surface area contributed by atoms with Gasteiger partial charge in [0, 0.05) is 24.7 Å². The largest absolute Gasteiger partial charge is 0.573 e. The fraction of sp³-hybridized carbons (Fsp3) is 0.364. The maximum Gasteiger partial charge on any atom is 0.573 e. The topological polar surface area (TPSA) is 85.9 Å². The van der Waals surface area contributed by atoms with Crippen molar-refractivity contribution in [1.29, 1.82) is 0 Å². The number of amides is 2. The van der Waals surface area contributed by atoms with Crippen LogP contribution in [0.5, 0.6) is 17.2 Å². The average Bonchev–Trinajstić information content (AvgIpc) is 2.72. The van der Waals surface area contributed by atoms with Crippen molar-refractivity contribution in [2.75, 3.05) is 5.32 Å². The quantitative estimate of drug-likeness (QED) is 0.346. The van der Waals surface area contributed by atoms with Gasteiger partial charge < -0.3 is 24.8 Å². The number of alkyl halides is 3. The Labute approximate surface area is 187 Å². The molecule has 0 aliphatic heterocycles. The Balaban J connectivity index is 1.43. The fourth-order valence-corrected chi connectivity index (χ4v) is 3.41. The minimum atomic E-state index is -5.01. The van der Waals surface area contributed by atoms with Crippen LogP contribution >= 0.6 is 0 Å². The summed E-state index contributed by atoms with van der Waals surface area (Å²) in [6.45, 7) is 1.32. The van der Waals surface area contributed by atoms with E-state index in [1.807, 2.05) is 0 Å². The van der Waals surface area contributed by atoms with Gasteiger partial charge in [0.15, 0.2) is 11.6 Å². The zero-order chi connectivity index (χ0) is 24.0. The second-order valence-corrected chi connectivity index (χ2v) is 7.45. The summed E-state index contributed by atoms with van der Waals surface area (Å²) in [5, 5.41) is 5.16. The molecule has 33 heavy (non-hydrogen) atoms. The SMILES string of the molecule is CC(=O)Oc1ccc(OC2CCC(NC(=O)Nc3ccc(OC(F)(F)F)c(F)c3)CC2)cc1. The summed E-state index contributed by atoms with van der Waals surface area (Å²) >= 11 is 0. The summed E-state index contributed by atoms with van der Waals surface area (Å²) in [5.41, 5.74) is -0.00579. The van der Waals surface area contributed by atoms with Crippen LogP contribution in [-0.2, 0) is 4.79 Å². The number of halogens is 4. The third-order valence-corrected chi connectivity index (χ3v) is 4.81. The second kappa shape index (κ2) is 10.4. The maximum atomic E-state index is 13.8. The predicted molar refractivity (Wildman–Crippen MR) is 110 cm³/mol. The highest BCUT2D eigenvalue weighted by atomic mass is 19.4. The Morgan fingerprint density at radius 1 is 0.970 bits per heavy atom. The molecule has 0 unspecified atom stereocenters. The van der Waals surface area contributed by atoms with Crippen molar-refractivity contribution >= 4 is 17.7 Å². The third kappa shape index (κ3) is 7.85. The smallest absolute Gasteiger partial charge is 0.490 e. The van der Waals surface area contributed by atoms with Gasteiger partial charge in [-0.25, -0.2) is 9.18 Å². The highest BCUT2D eigenvalue weighted by Crippen LogP contribution is 2.28. The van der Waals surface area contributed by atoms with Gasteiger partial charge in [-0.3, -0.25) is 4.79 Å². The average molecular weight is 470 g/mol. The fourth-order valence-electron chi connectivity index (χ4n) is 3.41. The first kappa shape index (κ1) is 24.1. The number of carbonyl (C=O) groups is 2. The predicted octanol–water partition coefficient (Wildman–Crippen LogP) is 5.16. The first-order chi connectivity index (χ1) is 15.6. The Morgan fingerprint density at radius 3 is 2.18 bits per heavy atom. The Kier molecular flexibility index (Phi) is 7.62. The van der Waals surface area contributed by atoms with Gasteiger partial charge in [-0.2, -0.15) is 0 Å². The van der Waals surface area contributed by atoms with Crippen molar-refractivity contribution in [3.8, 4) is 17.2 Å². The van der Waals surface area contributed by atoms with E-state index in [0.29, 0.717) is 37.2 Å². The summed E-state index contributed by atoms with van der Waals surface area (Å²) in [7, 11) is 0. The Bertz CT molecular complexity index is 974. The Morgan fingerprint density at radius 2 is 1.61 bits per heavy atom. The van der Waals surface area contributed by atoms with E-state index < -0.39 is 29.9 Å². The molecule has 1 saturated carbocycles. The van der Waals surface area contributed by atoms with Gasteiger partial charge in [-0.15, -0.1) is 13.2 Å². The van der Waals surface area contributed by atoms with Crippen molar-refractivity contribution < 1.29 is 41.4 Å². The van der Waals surface area contributed by atoms with Crippen molar-refractivity contribution in [1.82, 2.24) is 5.32 Å². The molecular formula is C22H22F4N2O5. The van der Waals surface area contributed by atoms with Crippen LogP contribution in [0.3, 0.4) is 0 Å². The maximum absolute atomic E-state index is 13.8. The lowest BCUT2D eigenvalue weighted by atomic mass is 9.93. The van der Waals surface area contributed by atoms with Crippen molar-refractivity contribution in [3.63, 3.8) is 0 Å². The molecule has 0 atom stereocenters. The summed E-state index contributed by atoms with van der Waals surface area (Å²) in [4.78, 5) is 23.1. The van der Waals surface area contributed by atoms with E-state index in [1.54, 1.807) is 24.3 Å². The molecule has 7 nitrogen and oxygen atoms in total. The lowest BCUT2D eigenvalue weighted by Gasteiger charge is -2.29. The zero-order valence-corrected chi connectivity index (χ0v) is 17.6. The zero-order valence-electron chi connectivity index (χ0n) is 17.6. The van der Waals surface area contributed by atoms with Gasteiger partial charge >= 0.3 is 18.4 Å². The van der Waals surface area contributed by atoms with E-state index in [9.17, 15) is 27.2 Å². The van der Waals surface area contributed by atoms with Gasteiger partial charge in [-0.05, 0) is 62.1 Å². The summed E-state index contributed by atoms with van der Waals surface area (Å²) in [6, 6.07) is 8.62. The van der Waals surface area contributed by atoms with Gasteiger partial charge in [0.1, 0.15) is 11.5 Å². The first-order valence-corrected chi connectivity index (χ1v) is 10.2. The molecule has 1 aliphatic rings. The molecule has 0 radical (unpaired) electrons. The standard InChI is InChI=1S/C22H22F4N2O5/c1-13(29)31-16-7-9-18(10-8-16)32-17-5-2-14(3-6-17)27-21(30)28-15-4-11-20(19(23)12-15)33-22(24,25)26/h4,7-12,14,17H,2-3,5-6H2,1H3,(H2,27,28,30). The molecule has 0 bridgehead atoms. The molecule has 1 aliphatic carbocycles. The molecule has 11 heteroatoms. The van der Waals surface area contributed by atoms with E-state index in [2.05, 4.69) is 15.4 Å². The monoisotopic (exact) mass is 470 g/mol. The molecule has 0 spiro atoms. The Hall–Kier alpha value is -3.50. The van der Waals surface area contributed by atoms with E-state index >= 15 is 0 Å². The number of ether oxygens (including phenoxy) is 3. The van der Waals surface area contributed by atoms with E-state index in [0.717, 1.165) is 18.2 Å². The minimum absolute atomic E-state index is 0.00579. The molecule has 0 heterocycles. The number of anilines is 1. The van der Waals surface area contributed by atoms with Gasteiger partial charge in [-0.1, -0.05) is 0 Å². The molecule has 2 aromatic rings. The van der Waals surface area contributed by atoms with Crippen LogP contribution in [0.1, 0.15) is 32.6 Å². The number of rotatable bonds is 6. The molecular weight excluding hydrogens is 448 g/mol. The highest BCUT2D eigenvalue weighted by Gasteiger charge is 2.32.